The number of aromatic nitrogens is 2. The lowest BCUT2D eigenvalue weighted by Gasteiger charge is -2.26. The van der Waals surface area contributed by atoms with Crippen LogP contribution in [0, 0.1) is 0 Å². The summed E-state index contributed by atoms with van der Waals surface area (Å²) in [7, 11) is 0. The van der Waals surface area contributed by atoms with Crippen molar-refractivity contribution >= 4 is 11.9 Å². The Morgan fingerprint density at radius 1 is 1.35 bits per heavy atom. The van der Waals surface area contributed by atoms with Gasteiger partial charge in [-0.2, -0.15) is 5.10 Å². The molecular formula is C16H25N3O4. The summed E-state index contributed by atoms with van der Waals surface area (Å²) < 4.78 is 1.90. The summed E-state index contributed by atoms with van der Waals surface area (Å²) >= 11 is 0. The van der Waals surface area contributed by atoms with E-state index in [1.807, 2.05) is 15.6 Å². The van der Waals surface area contributed by atoms with Gasteiger partial charge in [-0.3, -0.25) is 19.2 Å². The standard InChI is InChI=1S/C16H25N3O4/c1-2-3-5-14(16(22)23)18-8-4-9-19-13(11-18)10-12(17-19)6-7-15(20)21/h10,14H,2-9,11H2,1H3,(H,20,21)(H,22,23)/t14-/m1/s1. The molecule has 1 aliphatic rings. The zero-order chi connectivity index (χ0) is 16.8. The second kappa shape index (κ2) is 8.10. The van der Waals surface area contributed by atoms with Crippen LogP contribution >= 0.6 is 0 Å². The van der Waals surface area contributed by atoms with Crippen molar-refractivity contribution in [1.29, 1.82) is 0 Å². The van der Waals surface area contributed by atoms with E-state index in [0.29, 0.717) is 19.4 Å². The lowest BCUT2D eigenvalue weighted by atomic mass is 10.1. The van der Waals surface area contributed by atoms with E-state index in [2.05, 4.69) is 12.0 Å². The number of aliphatic carboxylic acids is 2. The number of rotatable bonds is 8. The minimum Gasteiger partial charge on any atom is -0.481 e. The van der Waals surface area contributed by atoms with E-state index in [4.69, 9.17) is 5.11 Å². The summed E-state index contributed by atoms with van der Waals surface area (Å²) in [5.74, 6) is -1.60. The second-order valence-electron chi connectivity index (χ2n) is 6.06. The van der Waals surface area contributed by atoms with Crippen LogP contribution in [0.1, 0.15) is 50.4 Å². The van der Waals surface area contributed by atoms with Gasteiger partial charge in [0.1, 0.15) is 6.04 Å². The molecule has 0 amide bonds. The third kappa shape index (κ3) is 4.79. The number of hydrogen-bond acceptors (Lipinski definition) is 4. The highest BCUT2D eigenvalue weighted by molar-refractivity contribution is 5.73. The van der Waals surface area contributed by atoms with Crippen LogP contribution in [0.2, 0.25) is 0 Å². The summed E-state index contributed by atoms with van der Waals surface area (Å²) in [4.78, 5) is 24.3. The minimum atomic E-state index is -0.833. The Bertz CT molecular complexity index is 556. The highest BCUT2D eigenvalue weighted by atomic mass is 16.4. The van der Waals surface area contributed by atoms with Gasteiger partial charge in [0.2, 0.25) is 0 Å². The van der Waals surface area contributed by atoms with Crippen LogP contribution in [-0.4, -0.2) is 49.4 Å². The average molecular weight is 323 g/mol. The Balaban J connectivity index is 2.09. The Morgan fingerprint density at radius 2 is 2.13 bits per heavy atom. The number of carboxylic acids is 2. The van der Waals surface area contributed by atoms with Crippen LogP contribution in [0.25, 0.3) is 0 Å². The Hall–Kier alpha value is -1.89. The molecule has 2 N–H and O–H groups in total. The van der Waals surface area contributed by atoms with Crippen LogP contribution in [0.5, 0.6) is 0 Å². The maximum Gasteiger partial charge on any atom is 0.320 e. The molecule has 7 heteroatoms. The molecule has 0 spiro atoms. The third-order valence-corrected chi connectivity index (χ3v) is 4.25. The molecule has 0 radical (unpaired) electrons. The average Bonchev–Trinajstić information content (AvgIpc) is 2.77. The van der Waals surface area contributed by atoms with Gasteiger partial charge in [-0.25, -0.2) is 0 Å². The van der Waals surface area contributed by atoms with E-state index in [-0.39, 0.29) is 6.42 Å². The molecule has 0 fully saturated rings. The molecule has 1 aliphatic heterocycles. The normalized spacial score (nSPS) is 16.6. The number of unbranched alkanes of at least 4 members (excludes halogenated alkanes) is 1. The number of nitrogens with zero attached hydrogens (tertiary/aromatic N) is 3. The first kappa shape index (κ1) is 17.5. The quantitative estimate of drug-likeness (QED) is 0.756. The first-order chi connectivity index (χ1) is 11.0. The zero-order valence-electron chi connectivity index (χ0n) is 13.6. The van der Waals surface area contributed by atoms with Crippen LogP contribution in [0.15, 0.2) is 6.07 Å². The van der Waals surface area contributed by atoms with Gasteiger partial charge in [-0.1, -0.05) is 19.8 Å². The van der Waals surface area contributed by atoms with E-state index in [9.17, 15) is 14.7 Å². The van der Waals surface area contributed by atoms with Crippen molar-refractivity contribution in [2.24, 2.45) is 0 Å². The van der Waals surface area contributed by atoms with Gasteiger partial charge in [0.25, 0.3) is 0 Å². The summed E-state index contributed by atoms with van der Waals surface area (Å²) in [5.41, 5.74) is 1.75. The molecule has 0 saturated heterocycles. The van der Waals surface area contributed by atoms with Crippen molar-refractivity contribution in [2.75, 3.05) is 6.54 Å². The van der Waals surface area contributed by atoms with Crippen molar-refractivity contribution in [3.05, 3.63) is 17.5 Å². The van der Waals surface area contributed by atoms with E-state index in [0.717, 1.165) is 43.7 Å². The summed E-state index contributed by atoms with van der Waals surface area (Å²) in [6.07, 6.45) is 3.86. The van der Waals surface area contributed by atoms with Crippen molar-refractivity contribution in [3.63, 3.8) is 0 Å². The molecule has 0 unspecified atom stereocenters. The molecule has 2 rings (SSSR count). The van der Waals surface area contributed by atoms with Gasteiger partial charge in [-0.15, -0.1) is 0 Å². The number of aryl methyl sites for hydroxylation is 2. The Kier molecular flexibility index (Phi) is 6.15. The van der Waals surface area contributed by atoms with E-state index >= 15 is 0 Å². The highest BCUT2D eigenvalue weighted by Crippen LogP contribution is 2.19. The highest BCUT2D eigenvalue weighted by Gasteiger charge is 2.27. The number of hydrogen-bond donors (Lipinski definition) is 2. The van der Waals surface area contributed by atoms with Crippen LogP contribution in [0.3, 0.4) is 0 Å². The molecule has 0 bridgehead atoms. The van der Waals surface area contributed by atoms with Crippen LogP contribution in [0.4, 0.5) is 0 Å². The Morgan fingerprint density at radius 3 is 2.78 bits per heavy atom. The smallest absolute Gasteiger partial charge is 0.320 e. The zero-order valence-corrected chi connectivity index (χ0v) is 13.6. The molecule has 128 valence electrons. The summed E-state index contributed by atoms with van der Waals surface area (Å²) in [6, 6.07) is 1.46. The summed E-state index contributed by atoms with van der Waals surface area (Å²) in [5, 5.41) is 22.7. The molecule has 0 aliphatic carbocycles. The predicted molar refractivity (Wildman–Crippen MR) is 84.2 cm³/mol. The molecular weight excluding hydrogens is 298 g/mol. The fourth-order valence-corrected chi connectivity index (χ4v) is 3.03. The van der Waals surface area contributed by atoms with Crippen molar-refractivity contribution in [3.8, 4) is 0 Å². The first-order valence-corrected chi connectivity index (χ1v) is 8.25. The van der Waals surface area contributed by atoms with Gasteiger partial charge < -0.3 is 10.2 Å². The fourth-order valence-electron chi connectivity index (χ4n) is 3.03. The van der Waals surface area contributed by atoms with Crippen molar-refractivity contribution in [1.82, 2.24) is 14.7 Å². The molecule has 7 nitrogen and oxygen atoms in total. The largest absolute Gasteiger partial charge is 0.481 e. The third-order valence-electron chi connectivity index (χ3n) is 4.25. The molecule has 0 aromatic carbocycles. The van der Waals surface area contributed by atoms with Crippen molar-refractivity contribution in [2.45, 2.75) is 64.6 Å². The van der Waals surface area contributed by atoms with Crippen LogP contribution < -0.4 is 0 Å². The number of fused-ring (bicyclic) bond motifs is 1. The summed E-state index contributed by atoms with van der Waals surface area (Å²) in [6.45, 7) is 4.11. The topological polar surface area (TPSA) is 95.7 Å². The Labute approximate surface area is 135 Å². The molecule has 0 saturated carbocycles. The molecule has 1 aromatic rings. The van der Waals surface area contributed by atoms with Crippen LogP contribution in [-0.2, 0) is 29.1 Å². The maximum absolute atomic E-state index is 11.6. The van der Waals surface area contributed by atoms with E-state index < -0.39 is 18.0 Å². The second-order valence-corrected chi connectivity index (χ2v) is 6.06. The molecule has 1 atom stereocenters. The van der Waals surface area contributed by atoms with Gasteiger partial charge >= 0.3 is 11.9 Å². The predicted octanol–water partition coefficient (Wildman–Crippen LogP) is 1.75. The molecule has 1 aromatic heterocycles. The van der Waals surface area contributed by atoms with E-state index in [1.54, 1.807) is 0 Å². The maximum atomic E-state index is 11.6. The lowest BCUT2D eigenvalue weighted by Crippen LogP contribution is -2.40. The van der Waals surface area contributed by atoms with Gasteiger partial charge in [0.05, 0.1) is 17.8 Å². The number of carboxylic acid groups (broad SMARTS) is 2. The fraction of sp³-hybridized carbons (Fsp3) is 0.688. The van der Waals surface area contributed by atoms with Gasteiger partial charge in [0, 0.05) is 26.1 Å². The first-order valence-electron chi connectivity index (χ1n) is 8.25. The van der Waals surface area contributed by atoms with Gasteiger partial charge in [-0.05, 0) is 18.9 Å². The molecule has 2 heterocycles. The SMILES string of the molecule is CCCC[C@H](C(=O)O)N1CCCn2nc(CCC(=O)O)cc2C1. The molecule has 23 heavy (non-hydrogen) atoms. The van der Waals surface area contributed by atoms with Gasteiger partial charge in [0.15, 0.2) is 0 Å². The van der Waals surface area contributed by atoms with Crippen molar-refractivity contribution < 1.29 is 19.8 Å². The van der Waals surface area contributed by atoms with E-state index in [1.165, 1.54) is 0 Å². The minimum absolute atomic E-state index is 0.0639. The lowest BCUT2D eigenvalue weighted by molar-refractivity contribution is -0.144. The number of carbonyl (C=O) groups is 2. The monoisotopic (exact) mass is 323 g/mol.